The summed E-state index contributed by atoms with van der Waals surface area (Å²) in [6, 6.07) is 7.62. The minimum Gasteiger partial charge on any atom is -0.323 e. The predicted molar refractivity (Wildman–Crippen MR) is 52.3 cm³/mol. The van der Waals surface area contributed by atoms with Crippen LogP contribution in [0.2, 0.25) is 5.02 Å². The van der Waals surface area contributed by atoms with E-state index in [1.807, 2.05) is 31.3 Å². The van der Waals surface area contributed by atoms with Crippen molar-refractivity contribution in [2.75, 3.05) is 13.6 Å². The molecule has 0 saturated carbocycles. The van der Waals surface area contributed by atoms with E-state index in [9.17, 15) is 0 Å². The van der Waals surface area contributed by atoms with Crippen molar-refractivity contribution in [3.8, 4) is 0 Å². The molecule has 0 aromatic heterocycles. The van der Waals surface area contributed by atoms with E-state index < -0.39 is 0 Å². The summed E-state index contributed by atoms with van der Waals surface area (Å²) in [5, 5.41) is 3.75. The lowest BCUT2D eigenvalue weighted by molar-refractivity contribution is 0.653. The second-order valence-electron chi connectivity index (χ2n) is 2.69. The molecule has 2 nitrogen and oxygen atoms in total. The molecule has 0 aliphatic rings. The first kappa shape index (κ1) is 9.52. The van der Waals surface area contributed by atoms with Gasteiger partial charge in [0.2, 0.25) is 0 Å². The first-order valence-corrected chi connectivity index (χ1v) is 4.28. The van der Waals surface area contributed by atoms with E-state index in [0.29, 0.717) is 0 Å². The number of hydrogen-bond acceptors (Lipinski definition) is 2. The molecule has 66 valence electrons. The van der Waals surface area contributed by atoms with Crippen LogP contribution in [0.25, 0.3) is 0 Å². The van der Waals surface area contributed by atoms with Crippen LogP contribution in [0.5, 0.6) is 0 Å². The molecule has 1 unspecified atom stereocenters. The largest absolute Gasteiger partial charge is 0.323 e. The highest BCUT2D eigenvalue weighted by Gasteiger charge is 2.07. The van der Waals surface area contributed by atoms with Crippen LogP contribution in [0.4, 0.5) is 0 Å². The van der Waals surface area contributed by atoms with Gasteiger partial charge in [0.1, 0.15) is 0 Å². The SMILES string of the molecule is CNCC(N)c1ccccc1Cl. The minimum atomic E-state index is -0.0244. The smallest absolute Gasteiger partial charge is 0.0454 e. The fourth-order valence-electron chi connectivity index (χ4n) is 1.11. The normalized spacial score (nSPS) is 12.9. The van der Waals surface area contributed by atoms with Crippen molar-refractivity contribution >= 4 is 11.6 Å². The Morgan fingerprint density at radius 3 is 2.75 bits per heavy atom. The lowest BCUT2D eigenvalue weighted by Crippen LogP contribution is -2.24. The third kappa shape index (κ3) is 2.21. The molecule has 1 atom stereocenters. The van der Waals surface area contributed by atoms with E-state index in [4.69, 9.17) is 17.3 Å². The van der Waals surface area contributed by atoms with E-state index in [1.165, 1.54) is 0 Å². The van der Waals surface area contributed by atoms with Crippen LogP contribution in [-0.2, 0) is 0 Å². The zero-order chi connectivity index (χ0) is 8.97. The summed E-state index contributed by atoms with van der Waals surface area (Å²) >= 11 is 5.95. The molecule has 0 aliphatic carbocycles. The third-order valence-corrected chi connectivity index (χ3v) is 2.07. The molecular weight excluding hydrogens is 172 g/mol. The number of halogens is 1. The van der Waals surface area contributed by atoms with Gasteiger partial charge >= 0.3 is 0 Å². The average Bonchev–Trinajstić information content (AvgIpc) is 2.05. The molecule has 0 heterocycles. The lowest BCUT2D eigenvalue weighted by atomic mass is 10.1. The highest BCUT2D eigenvalue weighted by Crippen LogP contribution is 2.19. The van der Waals surface area contributed by atoms with Gasteiger partial charge in [0.15, 0.2) is 0 Å². The summed E-state index contributed by atoms with van der Waals surface area (Å²) in [6.45, 7) is 0.740. The summed E-state index contributed by atoms with van der Waals surface area (Å²) in [7, 11) is 1.87. The minimum absolute atomic E-state index is 0.0244. The predicted octanol–water partition coefficient (Wildman–Crippen LogP) is 1.56. The Balaban J connectivity index is 2.79. The Hall–Kier alpha value is -0.570. The van der Waals surface area contributed by atoms with Crippen molar-refractivity contribution in [2.24, 2.45) is 5.73 Å². The Kier molecular flexibility index (Phi) is 3.53. The Morgan fingerprint density at radius 1 is 1.50 bits per heavy atom. The monoisotopic (exact) mass is 184 g/mol. The topological polar surface area (TPSA) is 38.0 Å². The number of nitrogens with two attached hydrogens (primary N) is 1. The van der Waals surface area contributed by atoms with Crippen molar-refractivity contribution < 1.29 is 0 Å². The van der Waals surface area contributed by atoms with Crippen LogP contribution < -0.4 is 11.1 Å². The first-order chi connectivity index (χ1) is 5.75. The molecule has 3 heteroatoms. The zero-order valence-corrected chi connectivity index (χ0v) is 7.81. The zero-order valence-electron chi connectivity index (χ0n) is 7.05. The van der Waals surface area contributed by atoms with E-state index in [1.54, 1.807) is 0 Å². The van der Waals surface area contributed by atoms with Crippen LogP contribution >= 0.6 is 11.6 Å². The van der Waals surface area contributed by atoms with Crippen molar-refractivity contribution in [2.45, 2.75) is 6.04 Å². The number of rotatable bonds is 3. The van der Waals surface area contributed by atoms with Crippen LogP contribution in [0.1, 0.15) is 11.6 Å². The summed E-state index contributed by atoms with van der Waals surface area (Å²) in [4.78, 5) is 0. The summed E-state index contributed by atoms with van der Waals surface area (Å²) < 4.78 is 0. The average molecular weight is 185 g/mol. The highest BCUT2D eigenvalue weighted by atomic mass is 35.5. The summed E-state index contributed by atoms with van der Waals surface area (Å²) in [5.41, 5.74) is 6.85. The van der Waals surface area contributed by atoms with Crippen molar-refractivity contribution in [1.82, 2.24) is 5.32 Å². The van der Waals surface area contributed by atoms with Gasteiger partial charge < -0.3 is 11.1 Å². The van der Waals surface area contributed by atoms with E-state index in [0.717, 1.165) is 17.1 Å². The second kappa shape index (κ2) is 4.45. The summed E-state index contributed by atoms with van der Waals surface area (Å²) in [6.07, 6.45) is 0. The maximum absolute atomic E-state index is 5.95. The molecule has 1 aromatic rings. The fraction of sp³-hybridized carbons (Fsp3) is 0.333. The van der Waals surface area contributed by atoms with Crippen molar-refractivity contribution in [3.63, 3.8) is 0 Å². The van der Waals surface area contributed by atoms with Crippen LogP contribution in [0, 0.1) is 0 Å². The van der Waals surface area contributed by atoms with Crippen LogP contribution in [0.15, 0.2) is 24.3 Å². The van der Waals surface area contributed by atoms with Gasteiger partial charge in [0.25, 0.3) is 0 Å². The van der Waals surface area contributed by atoms with Crippen LogP contribution in [0.3, 0.4) is 0 Å². The third-order valence-electron chi connectivity index (χ3n) is 1.73. The molecule has 0 bridgehead atoms. The van der Waals surface area contributed by atoms with Gasteiger partial charge in [-0.05, 0) is 18.7 Å². The number of benzene rings is 1. The Bertz CT molecular complexity index is 250. The molecule has 0 saturated heterocycles. The van der Waals surface area contributed by atoms with Crippen LogP contribution in [-0.4, -0.2) is 13.6 Å². The van der Waals surface area contributed by atoms with Gasteiger partial charge in [0, 0.05) is 17.6 Å². The lowest BCUT2D eigenvalue weighted by Gasteiger charge is -2.12. The van der Waals surface area contributed by atoms with Gasteiger partial charge in [-0.3, -0.25) is 0 Å². The Labute approximate surface area is 77.7 Å². The van der Waals surface area contributed by atoms with E-state index in [-0.39, 0.29) is 6.04 Å². The highest BCUT2D eigenvalue weighted by molar-refractivity contribution is 6.31. The molecule has 0 aliphatic heterocycles. The first-order valence-electron chi connectivity index (χ1n) is 3.90. The van der Waals surface area contributed by atoms with E-state index in [2.05, 4.69) is 5.32 Å². The molecule has 0 amide bonds. The second-order valence-corrected chi connectivity index (χ2v) is 3.09. The standard InChI is InChI=1S/C9H13ClN2/c1-12-6-9(11)7-4-2-3-5-8(7)10/h2-5,9,12H,6,11H2,1H3. The molecule has 1 aromatic carbocycles. The molecule has 1 rings (SSSR count). The fourth-order valence-corrected chi connectivity index (χ4v) is 1.38. The molecule has 0 radical (unpaired) electrons. The number of likely N-dealkylation sites (N-methyl/N-ethyl adjacent to an activating group) is 1. The Morgan fingerprint density at radius 2 is 2.17 bits per heavy atom. The number of nitrogens with one attached hydrogen (secondary N) is 1. The maximum Gasteiger partial charge on any atom is 0.0454 e. The van der Waals surface area contributed by atoms with Gasteiger partial charge in [-0.1, -0.05) is 29.8 Å². The number of hydrogen-bond donors (Lipinski definition) is 2. The molecule has 0 fully saturated rings. The van der Waals surface area contributed by atoms with Crippen molar-refractivity contribution in [1.29, 1.82) is 0 Å². The van der Waals surface area contributed by atoms with Gasteiger partial charge in [-0.25, -0.2) is 0 Å². The van der Waals surface area contributed by atoms with Gasteiger partial charge in [-0.15, -0.1) is 0 Å². The van der Waals surface area contributed by atoms with E-state index >= 15 is 0 Å². The molecule has 12 heavy (non-hydrogen) atoms. The molecular formula is C9H13ClN2. The molecule has 0 spiro atoms. The van der Waals surface area contributed by atoms with Crippen molar-refractivity contribution in [3.05, 3.63) is 34.9 Å². The molecule has 3 N–H and O–H groups in total. The van der Waals surface area contributed by atoms with Gasteiger partial charge in [-0.2, -0.15) is 0 Å². The maximum atomic E-state index is 5.95. The van der Waals surface area contributed by atoms with Gasteiger partial charge in [0.05, 0.1) is 0 Å². The quantitative estimate of drug-likeness (QED) is 0.749. The summed E-state index contributed by atoms with van der Waals surface area (Å²) in [5.74, 6) is 0.